The van der Waals surface area contributed by atoms with Gasteiger partial charge < -0.3 is 10.1 Å². The van der Waals surface area contributed by atoms with Crippen molar-refractivity contribution in [2.45, 2.75) is 12.5 Å². The number of carbonyl (C=O) groups is 2. The molecule has 2 amide bonds. The number of ether oxygens (including phenoxy) is 1. The summed E-state index contributed by atoms with van der Waals surface area (Å²) in [6, 6.07) is 19.2. The molecule has 1 unspecified atom stereocenters. The van der Waals surface area contributed by atoms with E-state index in [0.717, 1.165) is 18.7 Å². The third kappa shape index (κ3) is 7.20. The zero-order valence-electron chi connectivity index (χ0n) is 23.1. The van der Waals surface area contributed by atoms with Gasteiger partial charge in [-0.15, -0.1) is 5.10 Å². The molecule has 3 aromatic carbocycles. The van der Waals surface area contributed by atoms with E-state index in [1.54, 1.807) is 24.3 Å². The average molecular weight is 615 g/mol. The summed E-state index contributed by atoms with van der Waals surface area (Å²) in [5, 5.41) is 23.5. The largest absolute Gasteiger partial charge is 0.453 e. The molecule has 0 saturated carbocycles. The van der Waals surface area contributed by atoms with E-state index in [-0.39, 0.29) is 16.8 Å². The highest BCUT2D eigenvalue weighted by Gasteiger charge is 2.19. The van der Waals surface area contributed by atoms with Crippen molar-refractivity contribution in [3.63, 3.8) is 0 Å². The molecule has 0 spiro atoms. The fraction of sp³-hybridized carbons (Fsp3) is 0.100. The summed E-state index contributed by atoms with van der Waals surface area (Å²) in [5.74, 6) is -1.22. The molecule has 0 aliphatic carbocycles. The lowest BCUT2D eigenvalue weighted by atomic mass is 10.00. The molecule has 0 radical (unpaired) electrons. The summed E-state index contributed by atoms with van der Waals surface area (Å²) in [4.78, 5) is 37.5. The average Bonchev–Trinajstić information content (AvgIpc) is 3.56. The van der Waals surface area contributed by atoms with Crippen LogP contribution in [0, 0.1) is 5.82 Å². The zero-order chi connectivity index (χ0) is 31.1. The van der Waals surface area contributed by atoms with E-state index in [0.29, 0.717) is 28.4 Å². The second-order valence-electron chi connectivity index (χ2n) is 9.39. The van der Waals surface area contributed by atoms with Crippen LogP contribution in [0.15, 0.2) is 90.0 Å². The standard InChI is InChI=1S/C30H24ClFN8O4/c1-44-30(43)35-24-10-7-19(15-23(24)32)22-16-26(36-37-29(22)42)25(13-18-5-3-2-4-6-18)34-28(41)12-8-20-14-21(31)9-11-27(20)40-17-33-38-39-40/h2-12,14-17,25H,13H2,1H3,(H,34,41)(H,35,43)(H,37,42)/b12-8+. The van der Waals surface area contributed by atoms with Crippen LogP contribution >= 0.6 is 11.6 Å². The Kier molecular flexibility index (Phi) is 9.16. The lowest BCUT2D eigenvalue weighted by molar-refractivity contribution is -0.117. The fourth-order valence-corrected chi connectivity index (χ4v) is 4.54. The summed E-state index contributed by atoms with van der Waals surface area (Å²) < 4.78 is 20.7. The number of rotatable bonds is 9. The van der Waals surface area contributed by atoms with Crippen LogP contribution in [0.3, 0.4) is 0 Å². The molecule has 0 aliphatic heterocycles. The molecule has 14 heteroatoms. The Labute approximate surface area is 254 Å². The number of nitrogens with zero attached hydrogens (tertiary/aromatic N) is 5. The molecule has 2 heterocycles. The highest BCUT2D eigenvalue weighted by molar-refractivity contribution is 6.30. The predicted octanol–water partition coefficient (Wildman–Crippen LogP) is 4.50. The van der Waals surface area contributed by atoms with Gasteiger partial charge in [-0.05, 0) is 70.4 Å². The minimum absolute atomic E-state index is 0.116. The third-order valence-electron chi connectivity index (χ3n) is 6.48. The SMILES string of the molecule is COC(=O)Nc1ccc(-c2cc(C(Cc3ccccc3)NC(=O)/C=C/c3cc(Cl)ccc3-n3cnnn3)n[nH]c2=O)cc1F. The van der Waals surface area contributed by atoms with Gasteiger partial charge in [0.15, 0.2) is 0 Å². The number of methoxy groups -OCH3 is 1. The Morgan fingerprint density at radius 3 is 2.66 bits per heavy atom. The van der Waals surface area contributed by atoms with Crippen molar-refractivity contribution >= 4 is 35.4 Å². The molecule has 0 fully saturated rings. The molecular weight excluding hydrogens is 591 g/mol. The minimum atomic E-state index is -0.837. The molecule has 44 heavy (non-hydrogen) atoms. The number of halogens is 2. The van der Waals surface area contributed by atoms with Crippen molar-refractivity contribution in [3.05, 3.63) is 123 Å². The summed E-state index contributed by atoms with van der Waals surface area (Å²) in [7, 11) is 1.16. The van der Waals surface area contributed by atoms with Crippen LogP contribution in [0.25, 0.3) is 22.9 Å². The van der Waals surface area contributed by atoms with Gasteiger partial charge in [0.25, 0.3) is 5.56 Å². The first-order chi connectivity index (χ1) is 21.3. The Morgan fingerprint density at radius 2 is 1.93 bits per heavy atom. The summed E-state index contributed by atoms with van der Waals surface area (Å²) in [5.41, 5.74) is 2.11. The van der Waals surface area contributed by atoms with Crippen molar-refractivity contribution in [2.24, 2.45) is 0 Å². The second kappa shape index (κ2) is 13.5. The van der Waals surface area contributed by atoms with E-state index < -0.39 is 29.4 Å². The van der Waals surface area contributed by atoms with Crippen LogP contribution in [0.2, 0.25) is 5.02 Å². The number of amides is 2. The Balaban J connectivity index is 1.44. The summed E-state index contributed by atoms with van der Waals surface area (Å²) in [6.07, 6.45) is 3.84. The van der Waals surface area contributed by atoms with Crippen molar-refractivity contribution in [1.29, 1.82) is 0 Å². The molecule has 2 aromatic heterocycles. The van der Waals surface area contributed by atoms with Gasteiger partial charge in [-0.3, -0.25) is 14.9 Å². The van der Waals surface area contributed by atoms with E-state index in [9.17, 15) is 18.8 Å². The Morgan fingerprint density at radius 1 is 1.11 bits per heavy atom. The van der Waals surface area contributed by atoms with Gasteiger partial charge in [0.2, 0.25) is 5.91 Å². The van der Waals surface area contributed by atoms with Crippen molar-refractivity contribution < 1.29 is 18.7 Å². The first-order valence-corrected chi connectivity index (χ1v) is 13.5. The van der Waals surface area contributed by atoms with E-state index in [4.69, 9.17) is 11.6 Å². The normalized spacial score (nSPS) is 11.7. The number of benzene rings is 3. The topological polar surface area (TPSA) is 157 Å². The van der Waals surface area contributed by atoms with Crippen LogP contribution < -0.4 is 16.2 Å². The van der Waals surface area contributed by atoms with Gasteiger partial charge in [0.05, 0.1) is 35.8 Å². The Bertz CT molecular complexity index is 1880. The van der Waals surface area contributed by atoms with Crippen LogP contribution in [0.1, 0.15) is 22.9 Å². The molecule has 5 rings (SSSR count). The van der Waals surface area contributed by atoms with Gasteiger partial charge >= 0.3 is 6.09 Å². The smallest absolute Gasteiger partial charge is 0.411 e. The van der Waals surface area contributed by atoms with Crippen LogP contribution in [-0.4, -0.2) is 49.5 Å². The van der Waals surface area contributed by atoms with Crippen molar-refractivity contribution in [1.82, 2.24) is 35.7 Å². The first kappa shape index (κ1) is 29.8. The molecule has 222 valence electrons. The van der Waals surface area contributed by atoms with E-state index >= 15 is 0 Å². The molecule has 0 bridgehead atoms. The van der Waals surface area contributed by atoms with Gasteiger partial charge in [-0.25, -0.2) is 14.3 Å². The second-order valence-corrected chi connectivity index (χ2v) is 9.83. The maximum absolute atomic E-state index is 14.8. The number of nitrogens with one attached hydrogen (secondary N) is 3. The number of tetrazole rings is 1. The van der Waals surface area contributed by atoms with Crippen molar-refractivity contribution in [2.75, 3.05) is 12.4 Å². The lowest BCUT2D eigenvalue weighted by Gasteiger charge is -2.18. The zero-order valence-corrected chi connectivity index (χ0v) is 23.8. The van der Waals surface area contributed by atoms with Crippen LogP contribution in [-0.2, 0) is 16.0 Å². The van der Waals surface area contributed by atoms with Gasteiger partial charge in [-0.2, -0.15) is 9.78 Å². The molecule has 12 nitrogen and oxygen atoms in total. The number of carbonyl (C=O) groups excluding carboxylic acids is 2. The van der Waals surface area contributed by atoms with E-state index in [2.05, 4.69) is 41.1 Å². The first-order valence-electron chi connectivity index (χ1n) is 13.1. The molecule has 3 N–H and O–H groups in total. The van der Waals surface area contributed by atoms with E-state index in [1.807, 2.05) is 30.3 Å². The monoisotopic (exact) mass is 614 g/mol. The molecule has 0 saturated heterocycles. The quantitative estimate of drug-likeness (QED) is 0.205. The lowest BCUT2D eigenvalue weighted by Crippen LogP contribution is -2.30. The minimum Gasteiger partial charge on any atom is -0.453 e. The van der Waals surface area contributed by atoms with Gasteiger partial charge in [-0.1, -0.05) is 48.0 Å². The molecule has 5 aromatic rings. The summed E-state index contributed by atoms with van der Waals surface area (Å²) >= 11 is 6.19. The number of hydrogen-bond acceptors (Lipinski definition) is 8. The number of aromatic amines is 1. The highest BCUT2D eigenvalue weighted by Crippen LogP contribution is 2.25. The fourth-order valence-electron chi connectivity index (χ4n) is 4.36. The van der Waals surface area contributed by atoms with Crippen LogP contribution in [0.5, 0.6) is 0 Å². The maximum Gasteiger partial charge on any atom is 0.411 e. The molecule has 0 aliphatic rings. The highest BCUT2D eigenvalue weighted by atomic mass is 35.5. The maximum atomic E-state index is 14.8. The third-order valence-corrected chi connectivity index (χ3v) is 6.72. The van der Waals surface area contributed by atoms with Gasteiger partial charge in [0, 0.05) is 16.7 Å². The Hall–Kier alpha value is -5.69. The number of hydrogen-bond donors (Lipinski definition) is 3. The predicted molar refractivity (Wildman–Crippen MR) is 161 cm³/mol. The number of anilines is 1. The number of aromatic nitrogens is 6. The van der Waals surface area contributed by atoms with Crippen molar-refractivity contribution in [3.8, 4) is 16.8 Å². The molecular formula is C30H24ClFN8O4. The summed E-state index contributed by atoms with van der Waals surface area (Å²) in [6.45, 7) is 0. The van der Waals surface area contributed by atoms with Gasteiger partial charge in [0.1, 0.15) is 12.1 Å². The number of H-pyrrole nitrogens is 1. The van der Waals surface area contributed by atoms with E-state index in [1.165, 1.54) is 35.3 Å². The molecule has 1 atom stereocenters. The van der Waals surface area contributed by atoms with Crippen LogP contribution in [0.4, 0.5) is 14.9 Å².